The molecule has 114 valence electrons. The van der Waals surface area contributed by atoms with Gasteiger partial charge in [0, 0.05) is 11.6 Å². The molecule has 1 unspecified atom stereocenters. The van der Waals surface area contributed by atoms with Crippen LogP contribution in [0.2, 0.25) is 0 Å². The minimum Gasteiger partial charge on any atom is -0.266 e. The van der Waals surface area contributed by atoms with Crippen LogP contribution >= 0.6 is 0 Å². The molecule has 2 atom stereocenters. The van der Waals surface area contributed by atoms with E-state index >= 15 is 0 Å². The van der Waals surface area contributed by atoms with E-state index in [9.17, 15) is 0 Å². The van der Waals surface area contributed by atoms with E-state index in [0.717, 1.165) is 19.3 Å². The van der Waals surface area contributed by atoms with Crippen molar-refractivity contribution in [1.82, 2.24) is 5.06 Å². The van der Waals surface area contributed by atoms with Crippen LogP contribution in [0.1, 0.15) is 62.5 Å². The van der Waals surface area contributed by atoms with Crippen LogP contribution < -0.4 is 0 Å². The highest BCUT2D eigenvalue weighted by Crippen LogP contribution is 2.52. The van der Waals surface area contributed by atoms with Gasteiger partial charge in [0.05, 0.1) is 0 Å². The number of benzene rings is 1. The topological polar surface area (TPSA) is 15.5 Å². The number of aryl methyl sites for hydroxylation is 1. The van der Waals surface area contributed by atoms with Crippen LogP contribution in [-0.4, -0.2) is 11.1 Å². The van der Waals surface area contributed by atoms with Gasteiger partial charge in [-0.25, -0.2) is 0 Å². The van der Waals surface area contributed by atoms with E-state index in [2.05, 4.69) is 42.8 Å². The number of hydrogen-bond acceptors (Lipinski definition) is 2. The van der Waals surface area contributed by atoms with Gasteiger partial charge in [-0.15, -0.1) is 11.6 Å². The first-order chi connectivity index (χ1) is 10.3. The van der Waals surface area contributed by atoms with Gasteiger partial charge in [0.15, 0.2) is 5.72 Å². The molecule has 1 heterocycles. The van der Waals surface area contributed by atoms with Gasteiger partial charge in [-0.2, -0.15) is 0 Å². The molecule has 1 aromatic rings. The SMILES string of the molecule is C=CCCC[C@@]1(c2ccc(C)cc2)ON1C1CCCCC1. The molecule has 0 spiro atoms. The first-order valence-electron chi connectivity index (χ1n) is 8.43. The summed E-state index contributed by atoms with van der Waals surface area (Å²) in [5.74, 6) is 0. The van der Waals surface area contributed by atoms with Crippen molar-refractivity contribution in [2.45, 2.75) is 70.1 Å². The summed E-state index contributed by atoms with van der Waals surface area (Å²) in [6.07, 6.45) is 11.9. The molecule has 1 aliphatic heterocycles. The maximum absolute atomic E-state index is 6.22. The minimum atomic E-state index is -0.154. The summed E-state index contributed by atoms with van der Waals surface area (Å²) < 4.78 is 0. The van der Waals surface area contributed by atoms with Crippen molar-refractivity contribution >= 4 is 0 Å². The zero-order valence-corrected chi connectivity index (χ0v) is 13.2. The van der Waals surface area contributed by atoms with Gasteiger partial charge in [0.1, 0.15) is 0 Å². The fraction of sp³-hybridized carbons (Fsp3) is 0.579. The average Bonchev–Trinajstić information content (AvgIpc) is 3.25. The molecule has 1 saturated heterocycles. The van der Waals surface area contributed by atoms with Crippen molar-refractivity contribution in [2.24, 2.45) is 0 Å². The van der Waals surface area contributed by atoms with Crippen LogP contribution in [0.4, 0.5) is 0 Å². The molecule has 1 saturated carbocycles. The smallest absolute Gasteiger partial charge is 0.190 e. The second kappa shape index (κ2) is 6.33. The van der Waals surface area contributed by atoms with Crippen molar-refractivity contribution in [3.8, 4) is 0 Å². The van der Waals surface area contributed by atoms with E-state index in [1.165, 1.54) is 43.2 Å². The molecule has 0 bridgehead atoms. The normalized spacial score (nSPS) is 29.3. The third kappa shape index (κ3) is 3.07. The molecule has 21 heavy (non-hydrogen) atoms. The van der Waals surface area contributed by atoms with Crippen molar-refractivity contribution in [1.29, 1.82) is 0 Å². The Morgan fingerprint density at radius 2 is 1.95 bits per heavy atom. The zero-order chi connectivity index (χ0) is 14.7. The van der Waals surface area contributed by atoms with Gasteiger partial charge in [-0.1, -0.05) is 55.2 Å². The highest BCUT2D eigenvalue weighted by atomic mass is 16.9. The van der Waals surface area contributed by atoms with Gasteiger partial charge in [-0.05, 0) is 39.0 Å². The first-order valence-corrected chi connectivity index (χ1v) is 8.43. The van der Waals surface area contributed by atoms with Crippen LogP contribution in [-0.2, 0) is 10.6 Å². The third-order valence-electron chi connectivity index (χ3n) is 4.91. The predicted octanol–water partition coefficient (Wildman–Crippen LogP) is 5.08. The molecule has 0 N–H and O–H groups in total. The average molecular weight is 285 g/mol. The number of rotatable bonds is 6. The lowest BCUT2D eigenvalue weighted by Gasteiger charge is -2.23. The maximum Gasteiger partial charge on any atom is 0.190 e. The molecule has 1 aliphatic carbocycles. The number of allylic oxidation sites excluding steroid dienone is 1. The van der Waals surface area contributed by atoms with Crippen LogP contribution in [0, 0.1) is 6.92 Å². The molecule has 0 amide bonds. The number of hydroxylamine groups is 2. The fourth-order valence-corrected chi connectivity index (χ4v) is 3.61. The lowest BCUT2D eigenvalue weighted by molar-refractivity contribution is 0.119. The van der Waals surface area contributed by atoms with Crippen LogP contribution in [0.25, 0.3) is 0 Å². The summed E-state index contributed by atoms with van der Waals surface area (Å²) in [4.78, 5) is 6.22. The largest absolute Gasteiger partial charge is 0.266 e. The Labute approximate surface area is 128 Å². The van der Waals surface area contributed by atoms with Crippen molar-refractivity contribution in [2.75, 3.05) is 0 Å². The van der Waals surface area contributed by atoms with Crippen LogP contribution in [0.5, 0.6) is 0 Å². The molecule has 2 heteroatoms. The predicted molar refractivity (Wildman–Crippen MR) is 86.7 cm³/mol. The van der Waals surface area contributed by atoms with Crippen molar-refractivity contribution in [3.05, 3.63) is 48.0 Å². The zero-order valence-electron chi connectivity index (χ0n) is 13.2. The fourth-order valence-electron chi connectivity index (χ4n) is 3.61. The molecule has 3 rings (SSSR count). The standard InChI is InChI=1S/C19H27NO/c1-3-4-8-15-19(17-13-11-16(2)12-14-17)20(21-19)18-9-6-5-7-10-18/h3,11-14,18H,1,4-10,15H2,2H3/t19-,20?/m0/s1. The Kier molecular flexibility index (Phi) is 4.46. The van der Waals surface area contributed by atoms with E-state index in [0.29, 0.717) is 6.04 Å². The van der Waals surface area contributed by atoms with E-state index in [-0.39, 0.29) is 5.72 Å². The van der Waals surface area contributed by atoms with Crippen molar-refractivity contribution in [3.63, 3.8) is 0 Å². The summed E-state index contributed by atoms with van der Waals surface area (Å²) in [7, 11) is 0. The molecule has 1 aromatic carbocycles. The summed E-state index contributed by atoms with van der Waals surface area (Å²) in [5.41, 5.74) is 2.48. The molecule has 2 fully saturated rings. The van der Waals surface area contributed by atoms with Crippen LogP contribution in [0.15, 0.2) is 36.9 Å². The number of unbranched alkanes of at least 4 members (excludes halogenated alkanes) is 1. The van der Waals surface area contributed by atoms with Gasteiger partial charge < -0.3 is 0 Å². The van der Waals surface area contributed by atoms with Crippen LogP contribution in [0.3, 0.4) is 0 Å². The van der Waals surface area contributed by atoms with E-state index in [4.69, 9.17) is 4.84 Å². The Morgan fingerprint density at radius 1 is 1.24 bits per heavy atom. The van der Waals surface area contributed by atoms with Gasteiger partial charge in [0.25, 0.3) is 0 Å². The lowest BCUT2D eigenvalue weighted by Crippen LogP contribution is -2.28. The van der Waals surface area contributed by atoms with Gasteiger partial charge >= 0.3 is 0 Å². The van der Waals surface area contributed by atoms with E-state index in [1.807, 2.05) is 6.08 Å². The van der Waals surface area contributed by atoms with E-state index < -0.39 is 0 Å². The van der Waals surface area contributed by atoms with Crippen molar-refractivity contribution < 1.29 is 4.84 Å². The molecule has 2 nitrogen and oxygen atoms in total. The Balaban J connectivity index is 1.76. The summed E-state index contributed by atoms with van der Waals surface area (Å²) in [6.45, 7) is 5.98. The Hall–Kier alpha value is -1.12. The highest BCUT2D eigenvalue weighted by molar-refractivity contribution is 5.28. The van der Waals surface area contributed by atoms with E-state index in [1.54, 1.807) is 0 Å². The molecule has 2 aliphatic rings. The highest BCUT2D eigenvalue weighted by Gasteiger charge is 2.58. The molecule has 0 aromatic heterocycles. The summed E-state index contributed by atoms with van der Waals surface area (Å²) in [6, 6.07) is 9.50. The lowest BCUT2D eigenvalue weighted by atomic mass is 9.92. The molecule has 0 radical (unpaired) electrons. The monoisotopic (exact) mass is 285 g/mol. The summed E-state index contributed by atoms with van der Waals surface area (Å²) >= 11 is 0. The Bertz CT molecular complexity index is 475. The van der Waals surface area contributed by atoms with Gasteiger partial charge in [-0.3, -0.25) is 4.84 Å². The minimum absolute atomic E-state index is 0.154. The quantitative estimate of drug-likeness (QED) is 0.411. The first kappa shape index (κ1) is 14.8. The number of nitrogens with zero attached hydrogens (tertiary/aromatic N) is 1. The second-order valence-electron chi connectivity index (χ2n) is 6.54. The van der Waals surface area contributed by atoms with Gasteiger partial charge in [0.2, 0.25) is 0 Å². The summed E-state index contributed by atoms with van der Waals surface area (Å²) in [5, 5.41) is 2.31. The third-order valence-corrected chi connectivity index (χ3v) is 4.91. The molecular weight excluding hydrogens is 258 g/mol. The number of hydrogen-bond donors (Lipinski definition) is 0. The molecular formula is C19H27NO. The Morgan fingerprint density at radius 3 is 2.62 bits per heavy atom. The maximum atomic E-state index is 6.22. The second-order valence-corrected chi connectivity index (χ2v) is 6.54.